The average Bonchev–Trinajstić information content (AvgIpc) is 2.55. The highest BCUT2D eigenvalue weighted by atomic mass is 35.5. The first kappa shape index (κ1) is 14.3. The summed E-state index contributed by atoms with van der Waals surface area (Å²) in [5, 5.41) is 0.810. The Labute approximate surface area is 137 Å². The van der Waals surface area contributed by atoms with Crippen LogP contribution >= 0.6 is 11.6 Å². The van der Waals surface area contributed by atoms with Crippen molar-refractivity contribution in [2.75, 3.05) is 33.2 Å². The Hall–Kier alpha value is -1.35. The minimum Gasteiger partial charge on any atom is -0.303 e. The van der Waals surface area contributed by atoms with Gasteiger partial charge in [0, 0.05) is 43.2 Å². The minimum absolute atomic E-state index is 0.452. The van der Waals surface area contributed by atoms with E-state index in [-0.39, 0.29) is 0 Å². The van der Waals surface area contributed by atoms with E-state index in [1.807, 2.05) is 12.1 Å². The van der Waals surface area contributed by atoms with Gasteiger partial charge in [0.2, 0.25) is 0 Å². The lowest BCUT2D eigenvalue weighted by atomic mass is 9.80. The summed E-state index contributed by atoms with van der Waals surface area (Å²) < 4.78 is 0. The van der Waals surface area contributed by atoms with Gasteiger partial charge in [-0.25, -0.2) is 0 Å². The molecule has 2 aromatic carbocycles. The van der Waals surface area contributed by atoms with E-state index in [0.717, 1.165) is 31.2 Å². The van der Waals surface area contributed by atoms with Crippen molar-refractivity contribution in [1.82, 2.24) is 9.80 Å². The lowest BCUT2D eigenvalue weighted by molar-refractivity contribution is 0.0772. The van der Waals surface area contributed by atoms with Gasteiger partial charge in [0.15, 0.2) is 0 Å². The van der Waals surface area contributed by atoms with Crippen LogP contribution in [0.2, 0.25) is 5.02 Å². The first-order chi connectivity index (χ1) is 10.7. The molecule has 1 fully saturated rings. The molecular weight excluding hydrogens is 292 g/mol. The standard InChI is InChI=1S/C19H21ClN2/c1-21-10-11-22-12-18(14-6-8-15(20)9-7-14)16-4-2-3-5-17(16)19(22)13-21/h2-9,18-19H,10-13H2,1H3/t18-,19-/m0/s1. The van der Waals surface area contributed by atoms with Crippen molar-refractivity contribution in [2.24, 2.45) is 0 Å². The third-order valence-electron chi connectivity index (χ3n) is 5.11. The van der Waals surface area contributed by atoms with E-state index in [4.69, 9.17) is 11.6 Å². The molecule has 0 radical (unpaired) electrons. The second-order valence-electron chi connectivity index (χ2n) is 6.51. The molecule has 0 N–H and O–H groups in total. The maximum atomic E-state index is 6.06. The van der Waals surface area contributed by atoms with Gasteiger partial charge in [0.05, 0.1) is 0 Å². The summed E-state index contributed by atoms with van der Waals surface area (Å²) in [6.45, 7) is 4.55. The van der Waals surface area contributed by atoms with Crippen molar-refractivity contribution >= 4 is 11.6 Å². The van der Waals surface area contributed by atoms with Gasteiger partial charge in [-0.05, 0) is 35.9 Å². The summed E-state index contributed by atoms with van der Waals surface area (Å²) in [6, 6.07) is 17.9. The van der Waals surface area contributed by atoms with Crippen LogP contribution in [-0.4, -0.2) is 43.0 Å². The monoisotopic (exact) mass is 312 g/mol. The number of likely N-dealkylation sites (N-methyl/N-ethyl adjacent to an activating group) is 1. The number of fused-ring (bicyclic) bond motifs is 3. The van der Waals surface area contributed by atoms with Crippen molar-refractivity contribution < 1.29 is 0 Å². The lowest BCUT2D eigenvalue weighted by Crippen LogP contribution is -2.50. The normalized spacial score (nSPS) is 25.5. The van der Waals surface area contributed by atoms with Crippen molar-refractivity contribution in [3.05, 3.63) is 70.2 Å². The lowest BCUT2D eigenvalue weighted by Gasteiger charge is -2.46. The number of piperazine rings is 1. The fourth-order valence-electron chi connectivity index (χ4n) is 3.92. The number of hydrogen-bond donors (Lipinski definition) is 0. The molecule has 3 heteroatoms. The Kier molecular flexibility index (Phi) is 3.69. The van der Waals surface area contributed by atoms with E-state index < -0.39 is 0 Å². The van der Waals surface area contributed by atoms with E-state index in [2.05, 4.69) is 53.2 Å². The molecule has 2 heterocycles. The van der Waals surface area contributed by atoms with Crippen LogP contribution in [0.3, 0.4) is 0 Å². The fourth-order valence-corrected chi connectivity index (χ4v) is 4.04. The summed E-state index contributed by atoms with van der Waals surface area (Å²) >= 11 is 6.06. The van der Waals surface area contributed by atoms with E-state index >= 15 is 0 Å². The van der Waals surface area contributed by atoms with Gasteiger partial charge in [-0.3, -0.25) is 4.90 Å². The molecule has 2 aliphatic heterocycles. The summed E-state index contributed by atoms with van der Waals surface area (Å²) in [5.74, 6) is 0.452. The largest absolute Gasteiger partial charge is 0.303 e. The van der Waals surface area contributed by atoms with Crippen LogP contribution in [0.5, 0.6) is 0 Å². The highest BCUT2D eigenvalue weighted by molar-refractivity contribution is 6.30. The van der Waals surface area contributed by atoms with Crippen molar-refractivity contribution in [1.29, 1.82) is 0 Å². The molecule has 2 aromatic rings. The van der Waals surface area contributed by atoms with Crippen LogP contribution in [-0.2, 0) is 0 Å². The molecule has 0 aliphatic carbocycles. The molecular formula is C19H21ClN2. The molecule has 0 aromatic heterocycles. The second-order valence-corrected chi connectivity index (χ2v) is 6.94. The van der Waals surface area contributed by atoms with Crippen LogP contribution in [0, 0.1) is 0 Å². The smallest absolute Gasteiger partial charge is 0.0478 e. The first-order valence-electron chi connectivity index (χ1n) is 7.99. The number of benzene rings is 2. The first-order valence-corrected chi connectivity index (χ1v) is 8.37. The van der Waals surface area contributed by atoms with Gasteiger partial charge < -0.3 is 4.90 Å². The summed E-state index contributed by atoms with van der Waals surface area (Å²) in [7, 11) is 2.23. The van der Waals surface area contributed by atoms with Crippen LogP contribution < -0.4 is 0 Å². The van der Waals surface area contributed by atoms with Gasteiger partial charge in [-0.15, -0.1) is 0 Å². The molecule has 114 valence electrons. The average molecular weight is 313 g/mol. The number of rotatable bonds is 1. The highest BCUT2D eigenvalue weighted by Gasteiger charge is 2.36. The van der Waals surface area contributed by atoms with Gasteiger partial charge in [0.25, 0.3) is 0 Å². The maximum Gasteiger partial charge on any atom is 0.0478 e. The van der Waals surface area contributed by atoms with Gasteiger partial charge in [-0.2, -0.15) is 0 Å². The van der Waals surface area contributed by atoms with E-state index in [0.29, 0.717) is 12.0 Å². The number of halogens is 1. The number of hydrogen-bond acceptors (Lipinski definition) is 2. The quantitative estimate of drug-likeness (QED) is 0.791. The molecule has 4 rings (SSSR count). The molecule has 2 atom stereocenters. The molecule has 0 bridgehead atoms. The Balaban J connectivity index is 1.77. The van der Waals surface area contributed by atoms with Crippen molar-refractivity contribution in [3.63, 3.8) is 0 Å². The van der Waals surface area contributed by atoms with Gasteiger partial charge >= 0.3 is 0 Å². The number of nitrogens with zero attached hydrogens (tertiary/aromatic N) is 2. The summed E-state index contributed by atoms with van der Waals surface area (Å²) in [5.41, 5.74) is 4.36. The zero-order chi connectivity index (χ0) is 15.1. The van der Waals surface area contributed by atoms with Crippen LogP contribution in [0.4, 0.5) is 0 Å². The Morgan fingerprint density at radius 3 is 2.41 bits per heavy atom. The molecule has 1 saturated heterocycles. The molecule has 0 saturated carbocycles. The maximum absolute atomic E-state index is 6.06. The molecule has 2 nitrogen and oxygen atoms in total. The second kappa shape index (κ2) is 5.69. The van der Waals surface area contributed by atoms with E-state index in [9.17, 15) is 0 Å². The van der Waals surface area contributed by atoms with Crippen LogP contribution in [0.25, 0.3) is 0 Å². The topological polar surface area (TPSA) is 6.48 Å². The summed E-state index contributed by atoms with van der Waals surface area (Å²) in [6.07, 6.45) is 0. The fraction of sp³-hybridized carbons (Fsp3) is 0.368. The molecule has 0 unspecified atom stereocenters. The Morgan fingerprint density at radius 2 is 1.64 bits per heavy atom. The predicted octanol–water partition coefficient (Wildman–Crippen LogP) is 3.77. The molecule has 2 aliphatic rings. The predicted molar refractivity (Wildman–Crippen MR) is 91.5 cm³/mol. The van der Waals surface area contributed by atoms with E-state index in [1.165, 1.54) is 16.7 Å². The van der Waals surface area contributed by atoms with E-state index in [1.54, 1.807) is 0 Å². The van der Waals surface area contributed by atoms with Crippen molar-refractivity contribution in [2.45, 2.75) is 12.0 Å². The van der Waals surface area contributed by atoms with Crippen molar-refractivity contribution in [3.8, 4) is 0 Å². The third kappa shape index (κ3) is 2.45. The molecule has 0 spiro atoms. The zero-order valence-electron chi connectivity index (χ0n) is 12.9. The molecule has 22 heavy (non-hydrogen) atoms. The SMILES string of the molecule is CN1CCN2C[C@@H](c3ccc(Cl)cc3)c3ccccc3[C@@H]2C1. The Morgan fingerprint density at radius 1 is 0.909 bits per heavy atom. The minimum atomic E-state index is 0.452. The molecule has 0 amide bonds. The van der Waals surface area contributed by atoms with Crippen LogP contribution in [0.1, 0.15) is 28.7 Å². The highest BCUT2D eigenvalue weighted by Crippen LogP contribution is 2.40. The van der Waals surface area contributed by atoms with Crippen LogP contribution in [0.15, 0.2) is 48.5 Å². The third-order valence-corrected chi connectivity index (χ3v) is 5.37. The Bertz CT molecular complexity index is 667. The van der Waals surface area contributed by atoms with Gasteiger partial charge in [0.1, 0.15) is 0 Å². The summed E-state index contributed by atoms with van der Waals surface area (Å²) in [4.78, 5) is 5.10. The van der Waals surface area contributed by atoms with Gasteiger partial charge in [-0.1, -0.05) is 48.0 Å². The zero-order valence-corrected chi connectivity index (χ0v) is 13.6.